The van der Waals surface area contributed by atoms with E-state index < -0.39 is 0 Å². The number of hydrogen-bond acceptors (Lipinski definition) is 3. The fourth-order valence-corrected chi connectivity index (χ4v) is 4.18. The van der Waals surface area contributed by atoms with Gasteiger partial charge >= 0.3 is 0 Å². The summed E-state index contributed by atoms with van der Waals surface area (Å²) in [5.74, 6) is -0.120. The molecule has 148 valence electrons. The van der Waals surface area contributed by atoms with E-state index in [1.807, 2.05) is 30.3 Å². The Kier molecular flexibility index (Phi) is 5.63. The van der Waals surface area contributed by atoms with E-state index in [1.54, 1.807) is 6.07 Å². The molecule has 3 aromatic rings. The van der Waals surface area contributed by atoms with E-state index in [9.17, 15) is 4.79 Å². The first-order valence-electron chi connectivity index (χ1n) is 10.2. The number of aryl methyl sites for hydroxylation is 1. The van der Waals surface area contributed by atoms with Crippen molar-refractivity contribution >= 4 is 17.3 Å². The number of amides is 1. The van der Waals surface area contributed by atoms with Crippen LogP contribution in [0.15, 0.2) is 72.8 Å². The number of carbonyl (C=O) groups excluding carboxylic acids is 1. The molecule has 3 aromatic carbocycles. The SMILES string of the molecule is CCN(Cc1ccccc1)C1CCc2cc(C(=O)Nc3ccccc3N)ccc21. The molecule has 0 spiro atoms. The van der Waals surface area contributed by atoms with Crippen LogP contribution in [0.1, 0.15) is 46.4 Å². The van der Waals surface area contributed by atoms with Gasteiger partial charge in [-0.25, -0.2) is 0 Å². The minimum absolute atomic E-state index is 0.120. The van der Waals surface area contributed by atoms with E-state index in [4.69, 9.17) is 5.73 Å². The molecule has 29 heavy (non-hydrogen) atoms. The van der Waals surface area contributed by atoms with E-state index in [-0.39, 0.29) is 5.91 Å². The number of nitrogens with one attached hydrogen (secondary N) is 1. The summed E-state index contributed by atoms with van der Waals surface area (Å²) in [6, 6.07) is 24.4. The average Bonchev–Trinajstić information content (AvgIpc) is 3.17. The van der Waals surface area contributed by atoms with Gasteiger partial charge < -0.3 is 11.1 Å². The van der Waals surface area contributed by atoms with Crippen molar-refractivity contribution in [2.24, 2.45) is 0 Å². The molecule has 0 fully saturated rings. The highest BCUT2D eigenvalue weighted by atomic mass is 16.1. The molecule has 3 N–H and O–H groups in total. The summed E-state index contributed by atoms with van der Waals surface area (Å²) in [5.41, 5.74) is 11.8. The van der Waals surface area contributed by atoms with Crippen LogP contribution in [0.5, 0.6) is 0 Å². The predicted octanol–water partition coefficient (Wildman–Crippen LogP) is 5.03. The van der Waals surface area contributed by atoms with Crippen molar-refractivity contribution < 1.29 is 4.79 Å². The third-order valence-electron chi connectivity index (χ3n) is 5.74. The number of nitrogens with zero attached hydrogens (tertiary/aromatic N) is 1. The maximum atomic E-state index is 12.7. The Hall–Kier alpha value is -3.11. The van der Waals surface area contributed by atoms with Gasteiger partial charge in [-0.1, -0.05) is 55.5 Å². The molecule has 4 rings (SSSR count). The van der Waals surface area contributed by atoms with Gasteiger partial charge in [0, 0.05) is 18.2 Å². The van der Waals surface area contributed by atoms with Crippen molar-refractivity contribution in [1.29, 1.82) is 0 Å². The van der Waals surface area contributed by atoms with Crippen molar-refractivity contribution in [2.75, 3.05) is 17.6 Å². The standard InChI is InChI=1S/C25H27N3O/c1-2-28(17-18-8-4-3-5-9-18)24-15-13-19-16-20(12-14-21(19)24)25(29)27-23-11-7-6-10-22(23)26/h3-12,14,16,24H,2,13,15,17,26H2,1H3,(H,27,29). The molecule has 4 heteroatoms. The summed E-state index contributed by atoms with van der Waals surface area (Å²) in [6.45, 7) is 4.15. The summed E-state index contributed by atoms with van der Waals surface area (Å²) >= 11 is 0. The van der Waals surface area contributed by atoms with Crippen LogP contribution >= 0.6 is 0 Å². The topological polar surface area (TPSA) is 58.4 Å². The highest BCUT2D eigenvalue weighted by Crippen LogP contribution is 2.37. The minimum Gasteiger partial charge on any atom is -0.397 e. The minimum atomic E-state index is -0.120. The summed E-state index contributed by atoms with van der Waals surface area (Å²) in [7, 11) is 0. The van der Waals surface area contributed by atoms with Gasteiger partial charge in [0.2, 0.25) is 0 Å². The summed E-state index contributed by atoms with van der Waals surface area (Å²) < 4.78 is 0. The molecule has 0 saturated heterocycles. The molecule has 4 nitrogen and oxygen atoms in total. The molecule has 1 amide bonds. The molecule has 1 aliphatic rings. The van der Waals surface area contributed by atoms with Gasteiger partial charge in [0.15, 0.2) is 0 Å². The lowest BCUT2D eigenvalue weighted by molar-refractivity contribution is 0.102. The normalized spacial score (nSPS) is 15.3. The van der Waals surface area contributed by atoms with Gasteiger partial charge in [0.05, 0.1) is 11.4 Å². The highest BCUT2D eigenvalue weighted by molar-refractivity contribution is 6.05. The highest BCUT2D eigenvalue weighted by Gasteiger charge is 2.28. The van der Waals surface area contributed by atoms with E-state index in [0.29, 0.717) is 23.0 Å². The third-order valence-corrected chi connectivity index (χ3v) is 5.74. The molecule has 0 radical (unpaired) electrons. The molecule has 1 atom stereocenters. The first-order chi connectivity index (χ1) is 14.2. The molecule has 0 heterocycles. The van der Waals surface area contributed by atoms with Crippen LogP contribution in [-0.2, 0) is 13.0 Å². The van der Waals surface area contributed by atoms with Crippen molar-refractivity contribution in [1.82, 2.24) is 4.90 Å². The zero-order chi connectivity index (χ0) is 20.2. The largest absolute Gasteiger partial charge is 0.397 e. The van der Waals surface area contributed by atoms with Crippen molar-refractivity contribution in [3.63, 3.8) is 0 Å². The number of nitrogens with two attached hydrogens (primary N) is 1. The van der Waals surface area contributed by atoms with Gasteiger partial charge in [-0.3, -0.25) is 9.69 Å². The number of fused-ring (bicyclic) bond motifs is 1. The summed E-state index contributed by atoms with van der Waals surface area (Å²) in [4.78, 5) is 15.2. The number of para-hydroxylation sites is 2. The fraction of sp³-hybridized carbons (Fsp3) is 0.240. The second-order valence-electron chi connectivity index (χ2n) is 7.56. The lowest BCUT2D eigenvalue weighted by Crippen LogP contribution is -2.26. The van der Waals surface area contributed by atoms with Gasteiger partial charge in [-0.2, -0.15) is 0 Å². The van der Waals surface area contributed by atoms with Crippen LogP contribution in [-0.4, -0.2) is 17.4 Å². The number of carbonyl (C=O) groups is 1. The molecule has 1 unspecified atom stereocenters. The first-order valence-corrected chi connectivity index (χ1v) is 10.2. The molecule has 0 bridgehead atoms. The van der Waals surface area contributed by atoms with Crippen LogP contribution in [0, 0.1) is 0 Å². The Bertz CT molecular complexity index is 1000. The summed E-state index contributed by atoms with van der Waals surface area (Å²) in [5, 5.41) is 2.92. The van der Waals surface area contributed by atoms with E-state index >= 15 is 0 Å². The first kappa shape index (κ1) is 19.2. The van der Waals surface area contributed by atoms with Crippen molar-refractivity contribution in [3.8, 4) is 0 Å². The van der Waals surface area contributed by atoms with E-state index in [0.717, 1.165) is 25.9 Å². The number of rotatable bonds is 6. The van der Waals surface area contributed by atoms with Crippen molar-refractivity contribution in [2.45, 2.75) is 32.4 Å². The number of hydrogen-bond donors (Lipinski definition) is 2. The Morgan fingerprint density at radius 3 is 2.59 bits per heavy atom. The van der Waals surface area contributed by atoms with Gasteiger partial charge in [0.1, 0.15) is 0 Å². The maximum absolute atomic E-state index is 12.7. The quantitative estimate of drug-likeness (QED) is 0.585. The third kappa shape index (κ3) is 4.17. The van der Waals surface area contributed by atoms with Crippen LogP contribution in [0.25, 0.3) is 0 Å². The zero-order valence-electron chi connectivity index (χ0n) is 16.8. The van der Waals surface area contributed by atoms with Gasteiger partial charge in [-0.15, -0.1) is 0 Å². The van der Waals surface area contributed by atoms with E-state index in [1.165, 1.54) is 16.7 Å². The lowest BCUT2D eigenvalue weighted by atomic mass is 10.0. The maximum Gasteiger partial charge on any atom is 0.255 e. The fourth-order valence-electron chi connectivity index (χ4n) is 4.18. The molecule has 1 aliphatic carbocycles. The molecular weight excluding hydrogens is 358 g/mol. The van der Waals surface area contributed by atoms with Crippen LogP contribution in [0.4, 0.5) is 11.4 Å². The molecule has 0 aliphatic heterocycles. The number of anilines is 2. The van der Waals surface area contributed by atoms with Crippen molar-refractivity contribution in [3.05, 3.63) is 95.1 Å². The monoisotopic (exact) mass is 385 g/mol. The number of benzene rings is 3. The Morgan fingerprint density at radius 1 is 1.07 bits per heavy atom. The predicted molar refractivity (Wildman–Crippen MR) is 119 cm³/mol. The lowest BCUT2D eigenvalue weighted by Gasteiger charge is -2.28. The zero-order valence-corrected chi connectivity index (χ0v) is 16.8. The van der Waals surface area contributed by atoms with E-state index in [2.05, 4.69) is 53.5 Å². The summed E-state index contributed by atoms with van der Waals surface area (Å²) in [6.07, 6.45) is 2.09. The Balaban J connectivity index is 1.51. The molecule has 0 aromatic heterocycles. The smallest absolute Gasteiger partial charge is 0.255 e. The second kappa shape index (κ2) is 8.50. The van der Waals surface area contributed by atoms with Gasteiger partial charge in [0.25, 0.3) is 5.91 Å². The molecule has 0 saturated carbocycles. The Labute approximate surface area is 172 Å². The second-order valence-corrected chi connectivity index (χ2v) is 7.56. The molecular formula is C25H27N3O. The van der Waals surface area contributed by atoms with Gasteiger partial charge in [-0.05, 0) is 60.3 Å². The van der Waals surface area contributed by atoms with Crippen LogP contribution in [0.2, 0.25) is 0 Å². The Morgan fingerprint density at radius 2 is 1.83 bits per heavy atom. The van der Waals surface area contributed by atoms with Crippen LogP contribution in [0.3, 0.4) is 0 Å². The van der Waals surface area contributed by atoms with Crippen LogP contribution < -0.4 is 11.1 Å². The number of nitrogen functional groups attached to an aromatic ring is 1. The average molecular weight is 386 g/mol.